The number of benzene rings is 3. The molecule has 0 amide bonds. The molecule has 0 aliphatic carbocycles. The summed E-state index contributed by atoms with van der Waals surface area (Å²) in [5.74, 6) is 0.947. The lowest BCUT2D eigenvalue weighted by atomic mass is 9.94. The molecular formula is C23H18O4. The summed E-state index contributed by atoms with van der Waals surface area (Å²) < 4.78 is 10.8. The summed E-state index contributed by atoms with van der Waals surface area (Å²) in [5.41, 5.74) is 3.81. The fourth-order valence-electron chi connectivity index (χ4n) is 3.14. The summed E-state index contributed by atoms with van der Waals surface area (Å²) >= 11 is 0. The van der Waals surface area contributed by atoms with Crippen molar-refractivity contribution in [2.75, 3.05) is 13.7 Å². The Kier molecular flexibility index (Phi) is 4.38. The van der Waals surface area contributed by atoms with E-state index in [2.05, 4.69) is 0 Å². The van der Waals surface area contributed by atoms with Crippen LogP contribution in [0.3, 0.4) is 0 Å². The van der Waals surface area contributed by atoms with Crippen molar-refractivity contribution >= 4 is 11.9 Å². The fraction of sp³-hybridized carbons (Fsp3) is 0.0870. The number of carbonyl (C=O) groups is 1. The smallest absolute Gasteiger partial charge is 0.196 e. The Bertz CT molecular complexity index is 1040. The monoisotopic (exact) mass is 358 g/mol. The number of carbonyl (C=O) groups excluding carboxylic acids is 1. The number of phenolic OH excluding ortho intramolecular Hbond substituents is 1. The van der Waals surface area contributed by atoms with Crippen LogP contribution in [-0.4, -0.2) is 24.6 Å². The predicted molar refractivity (Wildman–Crippen MR) is 104 cm³/mol. The topological polar surface area (TPSA) is 55.8 Å². The van der Waals surface area contributed by atoms with E-state index >= 15 is 0 Å². The molecule has 0 spiro atoms. The molecule has 1 aliphatic rings. The summed E-state index contributed by atoms with van der Waals surface area (Å²) in [6.45, 7) is 0.198. The maximum Gasteiger partial charge on any atom is 0.196 e. The maximum atomic E-state index is 13.0. The predicted octanol–water partition coefficient (Wildman–Crippen LogP) is 4.73. The molecule has 0 bridgehead atoms. The summed E-state index contributed by atoms with van der Waals surface area (Å²) in [6.07, 6.45) is 1.74. The molecule has 1 N–H and O–H groups in total. The zero-order valence-corrected chi connectivity index (χ0v) is 14.8. The van der Waals surface area contributed by atoms with Crippen molar-refractivity contribution in [3.8, 4) is 28.4 Å². The third-order valence-corrected chi connectivity index (χ3v) is 4.55. The number of methoxy groups -OCH3 is 1. The standard InChI is InChI=1S/C23H18O4/c1-26-22-9-7-15(12-20(22)24)11-18-14-27-21-10-8-17(13-19(21)23(18)25)16-5-3-2-4-6-16/h2-13,24H,14H2,1H3/b18-11+. The third-order valence-electron chi connectivity index (χ3n) is 4.55. The zero-order chi connectivity index (χ0) is 18.8. The van der Waals surface area contributed by atoms with Crippen LogP contribution in [0.25, 0.3) is 17.2 Å². The summed E-state index contributed by atoms with van der Waals surface area (Å²) in [7, 11) is 1.49. The first kappa shape index (κ1) is 16.9. The van der Waals surface area contributed by atoms with Crippen LogP contribution >= 0.6 is 0 Å². The Hall–Kier alpha value is -3.53. The van der Waals surface area contributed by atoms with E-state index in [-0.39, 0.29) is 18.1 Å². The molecule has 3 aromatic carbocycles. The van der Waals surface area contributed by atoms with Gasteiger partial charge in [-0.25, -0.2) is 0 Å². The van der Waals surface area contributed by atoms with E-state index in [1.165, 1.54) is 7.11 Å². The van der Waals surface area contributed by atoms with E-state index in [4.69, 9.17) is 9.47 Å². The normalized spacial score (nSPS) is 14.6. The highest BCUT2D eigenvalue weighted by Gasteiger charge is 2.24. The van der Waals surface area contributed by atoms with Crippen molar-refractivity contribution in [1.82, 2.24) is 0 Å². The van der Waals surface area contributed by atoms with Crippen molar-refractivity contribution in [1.29, 1.82) is 0 Å². The Balaban J connectivity index is 1.69. The van der Waals surface area contributed by atoms with E-state index in [9.17, 15) is 9.90 Å². The van der Waals surface area contributed by atoms with Gasteiger partial charge in [0.2, 0.25) is 0 Å². The van der Waals surface area contributed by atoms with Crippen molar-refractivity contribution in [2.45, 2.75) is 0 Å². The van der Waals surface area contributed by atoms with Gasteiger partial charge in [0, 0.05) is 5.57 Å². The lowest BCUT2D eigenvalue weighted by Crippen LogP contribution is -2.19. The number of hydrogen-bond donors (Lipinski definition) is 1. The first-order chi connectivity index (χ1) is 13.2. The van der Waals surface area contributed by atoms with E-state index in [0.29, 0.717) is 28.2 Å². The van der Waals surface area contributed by atoms with Gasteiger partial charge in [-0.2, -0.15) is 0 Å². The largest absolute Gasteiger partial charge is 0.504 e. The summed E-state index contributed by atoms with van der Waals surface area (Å²) in [4.78, 5) is 13.0. The minimum atomic E-state index is -0.0654. The first-order valence-electron chi connectivity index (χ1n) is 8.60. The van der Waals surface area contributed by atoms with Gasteiger partial charge in [0.1, 0.15) is 12.4 Å². The van der Waals surface area contributed by atoms with Crippen LogP contribution in [0.2, 0.25) is 0 Å². The van der Waals surface area contributed by atoms with Crippen LogP contribution in [0.15, 0.2) is 72.3 Å². The second kappa shape index (κ2) is 7.00. The van der Waals surface area contributed by atoms with Crippen molar-refractivity contribution in [3.63, 3.8) is 0 Å². The highest BCUT2D eigenvalue weighted by Crippen LogP contribution is 2.33. The number of fused-ring (bicyclic) bond motifs is 1. The lowest BCUT2D eigenvalue weighted by molar-refractivity contribution is 0.100. The number of ketones is 1. The number of phenols is 1. The quantitative estimate of drug-likeness (QED) is 0.688. The van der Waals surface area contributed by atoms with Crippen molar-refractivity contribution in [3.05, 3.63) is 83.4 Å². The Morgan fingerprint density at radius 3 is 2.56 bits per heavy atom. The fourth-order valence-corrected chi connectivity index (χ4v) is 3.14. The summed E-state index contributed by atoms with van der Waals surface area (Å²) in [6, 6.07) is 20.6. The van der Waals surface area contributed by atoms with Crippen LogP contribution in [0, 0.1) is 0 Å². The van der Waals surface area contributed by atoms with Gasteiger partial charge in [-0.05, 0) is 47.0 Å². The molecule has 27 heavy (non-hydrogen) atoms. The van der Waals surface area contributed by atoms with Gasteiger partial charge < -0.3 is 14.6 Å². The molecule has 4 rings (SSSR count). The van der Waals surface area contributed by atoms with E-state index in [1.54, 1.807) is 24.3 Å². The highest BCUT2D eigenvalue weighted by atomic mass is 16.5. The van der Waals surface area contributed by atoms with Gasteiger partial charge >= 0.3 is 0 Å². The second-order valence-electron chi connectivity index (χ2n) is 6.30. The Morgan fingerprint density at radius 2 is 1.81 bits per heavy atom. The molecule has 0 unspecified atom stereocenters. The average Bonchev–Trinajstić information content (AvgIpc) is 2.71. The first-order valence-corrected chi connectivity index (χ1v) is 8.60. The molecule has 3 aromatic rings. The minimum Gasteiger partial charge on any atom is -0.504 e. The minimum absolute atomic E-state index is 0.0304. The van der Waals surface area contributed by atoms with Crippen LogP contribution in [-0.2, 0) is 0 Å². The van der Waals surface area contributed by atoms with E-state index in [1.807, 2.05) is 48.5 Å². The molecule has 0 aromatic heterocycles. The average molecular weight is 358 g/mol. The molecule has 1 heterocycles. The molecule has 4 heteroatoms. The van der Waals surface area contributed by atoms with E-state index in [0.717, 1.165) is 11.1 Å². The molecule has 0 saturated heterocycles. The maximum absolute atomic E-state index is 13.0. The van der Waals surface area contributed by atoms with Crippen molar-refractivity contribution in [2.24, 2.45) is 0 Å². The highest BCUT2D eigenvalue weighted by molar-refractivity contribution is 6.14. The zero-order valence-electron chi connectivity index (χ0n) is 14.8. The lowest BCUT2D eigenvalue weighted by Gasteiger charge is -2.20. The molecule has 0 fully saturated rings. The number of Topliss-reactive ketones (excluding diaryl/α,β-unsaturated/α-hetero) is 1. The molecular weight excluding hydrogens is 340 g/mol. The van der Waals surface area contributed by atoms with Crippen LogP contribution in [0.1, 0.15) is 15.9 Å². The van der Waals surface area contributed by atoms with Gasteiger partial charge in [-0.3, -0.25) is 4.79 Å². The van der Waals surface area contributed by atoms with Gasteiger partial charge in [0.05, 0.1) is 12.7 Å². The van der Waals surface area contributed by atoms with Gasteiger partial charge in [0.15, 0.2) is 17.3 Å². The van der Waals surface area contributed by atoms with Gasteiger partial charge in [-0.1, -0.05) is 42.5 Å². The number of hydrogen-bond acceptors (Lipinski definition) is 4. The number of ether oxygens (including phenoxy) is 2. The summed E-state index contributed by atoms with van der Waals surface area (Å²) in [5, 5.41) is 9.94. The molecule has 0 radical (unpaired) electrons. The SMILES string of the molecule is COc1ccc(/C=C2\COc3ccc(-c4ccccc4)cc3C2=O)cc1O. The third kappa shape index (κ3) is 3.29. The van der Waals surface area contributed by atoms with Crippen LogP contribution < -0.4 is 9.47 Å². The molecule has 4 nitrogen and oxygen atoms in total. The number of rotatable bonds is 3. The molecule has 0 saturated carbocycles. The van der Waals surface area contributed by atoms with Crippen LogP contribution in [0.5, 0.6) is 17.2 Å². The molecule has 0 atom stereocenters. The van der Waals surface area contributed by atoms with E-state index < -0.39 is 0 Å². The number of aromatic hydroxyl groups is 1. The second-order valence-corrected chi connectivity index (χ2v) is 6.30. The Morgan fingerprint density at radius 1 is 1.00 bits per heavy atom. The van der Waals surface area contributed by atoms with Crippen LogP contribution in [0.4, 0.5) is 0 Å². The molecule has 1 aliphatic heterocycles. The van der Waals surface area contributed by atoms with Gasteiger partial charge in [-0.15, -0.1) is 0 Å². The van der Waals surface area contributed by atoms with Crippen molar-refractivity contribution < 1.29 is 19.4 Å². The Labute approximate surface area is 157 Å². The van der Waals surface area contributed by atoms with Gasteiger partial charge in [0.25, 0.3) is 0 Å². The molecule has 134 valence electrons.